The van der Waals surface area contributed by atoms with Crippen LogP contribution >= 0.6 is 0 Å². The molecule has 37 heavy (non-hydrogen) atoms. The SMILES string of the molecule is CCCC/C=C\CCCCCCCC(=O)NC(CO)C(O)/C=C/CC/C=C/CCCCCCCCCC. The molecular weight excluding hydrogens is 458 g/mol. The Balaban J connectivity index is 3.76. The molecule has 0 aromatic heterocycles. The van der Waals surface area contributed by atoms with Gasteiger partial charge < -0.3 is 15.5 Å². The lowest BCUT2D eigenvalue weighted by Gasteiger charge is -2.19. The molecule has 0 rings (SSSR count). The molecule has 0 aliphatic carbocycles. The van der Waals surface area contributed by atoms with Crippen molar-refractivity contribution in [1.29, 1.82) is 0 Å². The van der Waals surface area contributed by atoms with Crippen LogP contribution in [0.3, 0.4) is 0 Å². The van der Waals surface area contributed by atoms with Gasteiger partial charge in [0, 0.05) is 6.42 Å². The Morgan fingerprint density at radius 3 is 1.65 bits per heavy atom. The molecule has 1 amide bonds. The Labute approximate surface area is 230 Å². The van der Waals surface area contributed by atoms with E-state index >= 15 is 0 Å². The zero-order valence-electron chi connectivity index (χ0n) is 24.5. The third-order valence-electron chi connectivity index (χ3n) is 6.85. The summed E-state index contributed by atoms with van der Waals surface area (Å²) in [6, 6.07) is -0.638. The zero-order valence-corrected chi connectivity index (χ0v) is 24.5. The highest BCUT2D eigenvalue weighted by Crippen LogP contribution is 2.11. The number of nitrogens with one attached hydrogen (secondary N) is 1. The fourth-order valence-corrected chi connectivity index (χ4v) is 4.35. The van der Waals surface area contributed by atoms with Crippen molar-refractivity contribution in [1.82, 2.24) is 5.32 Å². The maximum absolute atomic E-state index is 12.2. The second kappa shape index (κ2) is 29.2. The maximum Gasteiger partial charge on any atom is 0.220 e. The molecule has 0 fully saturated rings. The van der Waals surface area contributed by atoms with Gasteiger partial charge >= 0.3 is 0 Å². The number of aliphatic hydroxyl groups is 2. The highest BCUT2D eigenvalue weighted by Gasteiger charge is 2.17. The van der Waals surface area contributed by atoms with Crippen molar-refractivity contribution in [2.24, 2.45) is 0 Å². The fraction of sp³-hybridized carbons (Fsp3) is 0.788. The van der Waals surface area contributed by atoms with E-state index in [1.54, 1.807) is 6.08 Å². The summed E-state index contributed by atoms with van der Waals surface area (Å²) in [5.41, 5.74) is 0. The van der Waals surface area contributed by atoms with Crippen LogP contribution < -0.4 is 5.32 Å². The molecule has 0 heterocycles. The number of carbonyl (C=O) groups is 1. The van der Waals surface area contributed by atoms with Gasteiger partial charge in [-0.15, -0.1) is 0 Å². The van der Waals surface area contributed by atoms with Crippen molar-refractivity contribution in [2.75, 3.05) is 6.61 Å². The van der Waals surface area contributed by atoms with E-state index < -0.39 is 12.1 Å². The molecule has 0 saturated heterocycles. The highest BCUT2D eigenvalue weighted by molar-refractivity contribution is 5.76. The van der Waals surface area contributed by atoms with E-state index in [4.69, 9.17) is 0 Å². The van der Waals surface area contributed by atoms with Gasteiger partial charge in [0.2, 0.25) is 5.91 Å². The molecule has 0 aromatic rings. The highest BCUT2D eigenvalue weighted by atomic mass is 16.3. The number of rotatable bonds is 27. The van der Waals surface area contributed by atoms with E-state index in [1.807, 2.05) is 6.08 Å². The van der Waals surface area contributed by atoms with Crippen LogP contribution in [-0.4, -0.2) is 34.9 Å². The summed E-state index contributed by atoms with van der Waals surface area (Å²) in [7, 11) is 0. The van der Waals surface area contributed by atoms with Crippen molar-refractivity contribution in [2.45, 2.75) is 161 Å². The fourth-order valence-electron chi connectivity index (χ4n) is 4.35. The van der Waals surface area contributed by atoms with Gasteiger partial charge in [0.25, 0.3) is 0 Å². The molecular formula is C33H61NO3. The summed E-state index contributed by atoms with van der Waals surface area (Å²) in [5.74, 6) is -0.0887. The lowest BCUT2D eigenvalue weighted by atomic mass is 10.1. The average molecular weight is 520 g/mol. The van der Waals surface area contributed by atoms with E-state index in [9.17, 15) is 15.0 Å². The summed E-state index contributed by atoms with van der Waals surface area (Å²) < 4.78 is 0. The standard InChI is InChI=1S/C33H61NO3/c1-3-5-7-9-11-13-15-16-17-19-20-22-24-26-28-32(36)31(30-35)34-33(37)29-27-25-23-21-18-14-12-10-8-6-4-2/h10,12,19-20,26,28,31-32,35-36H,3-9,11,13-18,21-25,27,29-30H2,1-2H3,(H,34,37)/b12-10-,20-19+,28-26+. The summed E-state index contributed by atoms with van der Waals surface area (Å²) in [4.78, 5) is 12.2. The predicted molar refractivity (Wildman–Crippen MR) is 161 cm³/mol. The molecule has 0 aromatic carbocycles. The molecule has 0 aliphatic rings. The number of carbonyl (C=O) groups excluding carboxylic acids is 1. The Hall–Kier alpha value is -1.39. The Morgan fingerprint density at radius 1 is 0.622 bits per heavy atom. The number of aliphatic hydroxyl groups excluding tert-OH is 2. The van der Waals surface area contributed by atoms with Crippen LogP contribution in [0.2, 0.25) is 0 Å². The quantitative estimate of drug-likeness (QED) is 0.0750. The van der Waals surface area contributed by atoms with E-state index in [0.29, 0.717) is 6.42 Å². The number of hydrogen-bond acceptors (Lipinski definition) is 3. The third kappa shape index (κ3) is 26.0. The summed E-state index contributed by atoms with van der Waals surface area (Å²) in [5, 5.41) is 22.7. The molecule has 4 nitrogen and oxygen atoms in total. The minimum absolute atomic E-state index is 0.0887. The van der Waals surface area contributed by atoms with Crippen LogP contribution in [0.1, 0.15) is 149 Å². The van der Waals surface area contributed by atoms with E-state index in [2.05, 4.69) is 43.5 Å². The van der Waals surface area contributed by atoms with E-state index in [0.717, 1.165) is 44.9 Å². The van der Waals surface area contributed by atoms with Gasteiger partial charge in [0.05, 0.1) is 18.8 Å². The molecule has 4 heteroatoms. The third-order valence-corrected chi connectivity index (χ3v) is 6.85. The zero-order chi connectivity index (χ0) is 27.2. The van der Waals surface area contributed by atoms with E-state index in [-0.39, 0.29) is 12.5 Å². The maximum atomic E-state index is 12.2. The van der Waals surface area contributed by atoms with Gasteiger partial charge in [-0.1, -0.05) is 127 Å². The van der Waals surface area contributed by atoms with Gasteiger partial charge in [-0.2, -0.15) is 0 Å². The molecule has 0 spiro atoms. The monoisotopic (exact) mass is 519 g/mol. The van der Waals surface area contributed by atoms with Crippen molar-refractivity contribution >= 4 is 5.91 Å². The van der Waals surface area contributed by atoms with Crippen molar-refractivity contribution in [3.8, 4) is 0 Å². The molecule has 216 valence electrons. The van der Waals surface area contributed by atoms with Gasteiger partial charge in [0.15, 0.2) is 0 Å². The first-order valence-corrected chi connectivity index (χ1v) is 15.7. The van der Waals surface area contributed by atoms with Crippen LogP contribution in [0.15, 0.2) is 36.5 Å². The Kier molecular flexibility index (Phi) is 28.1. The van der Waals surface area contributed by atoms with Crippen LogP contribution in [0, 0.1) is 0 Å². The lowest BCUT2D eigenvalue weighted by molar-refractivity contribution is -0.123. The van der Waals surface area contributed by atoms with Crippen molar-refractivity contribution < 1.29 is 15.0 Å². The molecule has 3 N–H and O–H groups in total. The molecule has 0 bridgehead atoms. The first-order valence-electron chi connectivity index (χ1n) is 15.7. The van der Waals surface area contributed by atoms with Gasteiger partial charge in [0.1, 0.15) is 0 Å². The first kappa shape index (κ1) is 35.6. The molecule has 2 unspecified atom stereocenters. The van der Waals surface area contributed by atoms with E-state index in [1.165, 1.54) is 83.5 Å². The summed E-state index contributed by atoms with van der Waals surface area (Å²) in [6.07, 6.45) is 36.4. The lowest BCUT2D eigenvalue weighted by Crippen LogP contribution is -2.45. The number of hydrogen-bond donors (Lipinski definition) is 3. The Morgan fingerprint density at radius 2 is 1.08 bits per heavy atom. The second-order valence-electron chi connectivity index (χ2n) is 10.5. The van der Waals surface area contributed by atoms with Crippen LogP contribution in [-0.2, 0) is 4.79 Å². The average Bonchev–Trinajstić information content (AvgIpc) is 2.90. The minimum atomic E-state index is -0.861. The predicted octanol–water partition coefficient (Wildman–Crippen LogP) is 8.72. The minimum Gasteiger partial charge on any atom is -0.394 e. The smallest absolute Gasteiger partial charge is 0.220 e. The van der Waals surface area contributed by atoms with Crippen molar-refractivity contribution in [3.05, 3.63) is 36.5 Å². The van der Waals surface area contributed by atoms with Crippen LogP contribution in [0.5, 0.6) is 0 Å². The molecule has 0 radical (unpaired) electrons. The van der Waals surface area contributed by atoms with Gasteiger partial charge in [-0.25, -0.2) is 0 Å². The first-order chi connectivity index (χ1) is 18.2. The van der Waals surface area contributed by atoms with Crippen LogP contribution in [0.25, 0.3) is 0 Å². The number of unbranched alkanes of at least 4 members (excludes halogenated alkanes) is 16. The molecule has 2 atom stereocenters. The normalized spacial score (nSPS) is 13.7. The second-order valence-corrected chi connectivity index (χ2v) is 10.5. The topological polar surface area (TPSA) is 69.6 Å². The molecule has 0 saturated carbocycles. The summed E-state index contributed by atoms with van der Waals surface area (Å²) in [6.45, 7) is 4.22. The van der Waals surface area contributed by atoms with Gasteiger partial charge in [-0.05, 0) is 51.4 Å². The van der Waals surface area contributed by atoms with Gasteiger partial charge in [-0.3, -0.25) is 4.79 Å². The molecule has 0 aliphatic heterocycles. The largest absolute Gasteiger partial charge is 0.394 e. The summed E-state index contributed by atoms with van der Waals surface area (Å²) >= 11 is 0. The van der Waals surface area contributed by atoms with Crippen molar-refractivity contribution in [3.63, 3.8) is 0 Å². The van der Waals surface area contributed by atoms with Crippen LogP contribution in [0.4, 0.5) is 0 Å². The number of allylic oxidation sites excluding steroid dienone is 5. The number of amides is 1. The Bertz CT molecular complexity index is 570.